The molecule has 10 nitrogen and oxygen atoms in total. The summed E-state index contributed by atoms with van der Waals surface area (Å²) in [4.78, 5) is 23.7. The summed E-state index contributed by atoms with van der Waals surface area (Å²) in [5.74, 6) is -2.03. The van der Waals surface area contributed by atoms with E-state index >= 15 is 0 Å². The molecular formula is C18H19N3O7. The van der Waals surface area contributed by atoms with Crippen molar-refractivity contribution in [1.29, 1.82) is 5.26 Å². The molecule has 2 rings (SSSR count). The molecule has 0 amide bonds. The van der Waals surface area contributed by atoms with Crippen molar-refractivity contribution in [2.45, 2.75) is 19.8 Å². The first-order valence-electron chi connectivity index (χ1n) is 8.16. The van der Waals surface area contributed by atoms with E-state index in [1.54, 1.807) is 6.92 Å². The lowest BCUT2D eigenvalue weighted by Gasteiger charge is -2.27. The second kappa shape index (κ2) is 8.30. The van der Waals surface area contributed by atoms with Crippen LogP contribution in [0.4, 0.5) is 5.69 Å². The first-order chi connectivity index (χ1) is 13.3. The van der Waals surface area contributed by atoms with Crippen LogP contribution in [-0.4, -0.2) is 31.7 Å². The average molecular weight is 389 g/mol. The Morgan fingerprint density at radius 3 is 2.57 bits per heavy atom. The van der Waals surface area contributed by atoms with Crippen LogP contribution in [0.15, 0.2) is 34.9 Å². The van der Waals surface area contributed by atoms with Gasteiger partial charge in [-0.05, 0) is 19.9 Å². The van der Waals surface area contributed by atoms with Gasteiger partial charge in [-0.25, -0.2) is 4.79 Å². The van der Waals surface area contributed by atoms with Crippen LogP contribution in [-0.2, 0) is 14.3 Å². The highest BCUT2D eigenvalue weighted by Gasteiger charge is 2.42. The Bertz CT molecular complexity index is 928. The third-order valence-electron chi connectivity index (χ3n) is 4.15. The standard InChI is InChI=1S/C18H19N3O7/c1-5-27-18(22)13-9(2)28-17(20)10(8-19)14(13)15-11(21(23)24)6-7-12(25-3)16(15)26-4/h6-7,14H,5,20H2,1-4H3. The molecule has 0 radical (unpaired) electrons. The molecule has 0 aromatic heterocycles. The van der Waals surface area contributed by atoms with Gasteiger partial charge in [-0.15, -0.1) is 0 Å². The molecule has 1 aromatic rings. The fourth-order valence-electron chi connectivity index (χ4n) is 3.02. The van der Waals surface area contributed by atoms with E-state index in [9.17, 15) is 20.2 Å². The van der Waals surface area contributed by atoms with Crippen LogP contribution in [0.5, 0.6) is 11.5 Å². The number of methoxy groups -OCH3 is 2. The molecule has 0 fully saturated rings. The number of nitro benzene ring substituents is 1. The summed E-state index contributed by atoms with van der Waals surface area (Å²) in [6, 6.07) is 4.44. The molecule has 0 saturated heterocycles. The van der Waals surface area contributed by atoms with Gasteiger partial charge < -0.3 is 24.7 Å². The zero-order chi connectivity index (χ0) is 21.0. The van der Waals surface area contributed by atoms with Crippen molar-refractivity contribution in [1.82, 2.24) is 0 Å². The maximum Gasteiger partial charge on any atom is 0.338 e. The van der Waals surface area contributed by atoms with E-state index in [1.165, 1.54) is 33.3 Å². The maximum atomic E-state index is 12.6. The van der Waals surface area contributed by atoms with Crippen LogP contribution in [0.2, 0.25) is 0 Å². The predicted octanol–water partition coefficient (Wildman–Crippen LogP) is 2.26. The lowest BCUT2D eigenvalue weighted by Crippen LogP contribution is -2.26. The van der Waals surface area contributed by atoms with Gasteiger partial charge in [0, 0.05) is 6.07 Å². The smallest absolute Gasteiger partial charge is 0.338 e. The third kappa shape index (κ3) is 3.42. The maximum absolute atomic E-state index is 12.6. The molecule has 2 N–H and O–H groups in total. The quantitative estimate of drug-likeness (QED) is 0.439. The van der Waals surface area contributed by atoms with E-state index in [0.29, 0.717) is 0 Å². The van der Waals surface area contributed by atoms with Gasteiger partial charge in [-0.2, -0.15) is 5.26 Å². The number of nitriles is 1. The number of benzene rings is 1. The molecule has 1 heterocycles. The van der Waals surface area contributed by atoms with Crippen molar-refractivity contribution < 1.29 is 28.7 Å². The number of allylic oxidation sites excluding steroid dienone is 2. The van der Waals surface area contributed by atoms with E-state index in [0.717, 1.165) is 0 Å². The number of rotatable bonds is 6. The summed E-state index contributed by atoms with van der Waals surface area (Å²) in [7, 11) is 2.66. The summed E-state index contributed by atoms with van der Waals surface area (Å²) < 4.78 is 21.0. The normalized spacial score (nSPS) is 16.2. The topological polar surface area (TPSA) is 147 Å². The molecule has 10 heteroatoms. The molecule has 1 aromatic carbocycles. The van der Waals surface area contributed by atoms with Crippen LogP contribution < -0.4 is 15.2 Å². The van der Waals surface area contributed by atoms with Crippen LogP contribution >= 0.6 is 0 Å². The predicted molar refractivity (Wildman–Crippen MR) is 96.2 cm³/mol. The zero-order valence-electron chi connectivity index (χ0n) is 15.8. The summed E-state index contributed by atoms with van der Waals surface area (Å²) in [5.41, 5.74) is 5.15. The highest BCUT2D eigenvalue weighted by atomic mass is 16.6. The Morgan fingerprint density at radius 1 is 1.39 bits per heavy atom. The minimum atomic E-state index is -1.23. The number of nitrogens with two attached hydrogens (primary N) is 1. The third-order valence-corrected chi connectivity index (χ3v) is 4.15. The lowest BCUT2D eigenvalue weighted by molar-refractivity contribution is -0.385. The number of nitrogens with zero attached hydrogens (tertiary/aromatic N) is 2. The Hall–Kier alpha value is -3.74. The first-order valence-corrected chi connectivity index (χ1v) is 8.16. The molecule has 1 aliphatic heterocycles. The van der Waals surface area contributed by atoms with Crippen LogP contribution in [0.1, 0.15) is 25.3 Å². The van der Waals surface area contributed by atoms with Gasteiger partial charge in [0.1, 0.15) is 17.4 Å². The van der Waals surface area contributed by atoms with Gasteiger partial charge in [0.2, 0.25) is 5.88 Å². The summed E-state index contributed by atoms with van der Waals surface area (Å²) in [6.45, 7) is 3.12. The molecule has 148 valence electrons. The number of nitro groups is 1. The van der Waals surface area contributed by atoms with Crippen LogP contribution in [0.25, 0.3) is 0 Å². The molecule has 1 aliphatic rings. The highest BCUT2D eigenvalue weighted by molar-refractivity contribution is 5.93. The number of esters is 1. The van der Waals surface area contributed by atoms with Crippen molar-refractivity contribution in [3.05, 3.63) is 50.6 Å². The largest absolute Gasteiger partial charge is 0.493 e. The number of ether oxygens (including phenoxy) is 4. The van der Waals surface area contributed by atoms with E-state index < -0.39 is 16.8 Å². The van der Waals surface area contributed by atoms with Crippen molar-refractivity contribution in [2.24, 2.45) is 5.73 Å². The second-order valence-corrected chi connectivity index (χ2v) is 5.61. The number of carbonyl (C=O) groups is 1. The Balaban J connectivity index is 2.94. The van der Waals surface area contributed by atoms with Crippen molar-refractivity contribution in [3.63, 3.8) is 0 Å². The SMILES string of the molecule is CCOC(=O)C1=C(C)OC(N)=C(C#N)C1c1c([N+](=O)[O-])ccc(OC)c1OC. The van der Waals surface area contributed by atoms with Crippen LogP contribution in [0.3, 0.4) is 0 Å². The van der Waals surface area contributed by atoms with Crippen molar-refractivity contribution in [3.8, 4) is 17.6 Å². The van der Waals surface area contributed by atoms with E-state index in [4.69, 9.17) is 24.7 Å². The molecule has 0 aliphatic carbocycles. The summed E-state index contributed by atoms with van der Waals surface area (Å²) in [5, 5.41) is 21.4. The fourth-order valence-corrected chi connectivity index (χ4v) is 3.02. The Kier molecular flexibility index (Phi) is 6.10. The minimum absolute atomic E-state index is 0.00116. The van der Waals surface area contributed by atoms with E-state index in [1.807, 2.05) is 6.07 Å². The van der Waals surface area contributed by atoms with Crippen molar-refractivity contribution in [2.75, 3.05) is 20.8 Å². The highest BCUT2D eigenvalue weighted by Crippen LogP contribution is 2.49. The molecule has 28 heavy (non-hydrogen) atoms. The van der Waals surface area contributed by atoms with E-state index in [-0.39, 0.29) is 52.1 Å². The molecule has 0 saturated carbocycles. The van der Waals surface area contributed by atoms with Gasteiger partial charge in [0.25, 0.3) is 5.69 Å². The Morgan fingerprint density at radius 2 is 2.07 bits per heavy atom. The second-order valence-electron chi connectivity index (χ2n) is 5.61. The lowest BCUT2D eigenvalue weighted by atomic mass is 9.81. The van der Waals surface area contributed by atoms with Gasteiger partial charge in [0.15, 0.2) is 11.5 Å². The number of hydrogen-bond acceptors (Lipinski definition) is 9. The van der Waals surface area contributed by atoms with Gasteiger partial charge in [-0.3, -0.25) is 10.1 Å². The van der Waals surface area contributed by atoms with Gasteiger partial charge in [0.05, 0.1) is 42.8 Å². The van der Waals surface area contributed by atoms with Gasteiger partial charge >= 0.3 is 5.97 Å². The molecule has 1 atom stereocenters. The van der Waals surface area contributed by atoms with E-state index in [2.05, 4.69) is 0 Å². The number of hydrogen-bond donors (Lipinski definition) is 1. The summed E-state index contributed by atoms with van der Waals surface area (Å²) >= 11 is 0. The molecular weight excluding hydrogens is 370 g/mol. The first kappa shape index (κ1) is 20.6. The molecule has 0 bridgehead atoms. The average Bonchev–Trinajstić information content (AvgIpc) is 2.65. The van der Waals surface area contributed by atoms with Gasteiger partial charge in [-0.1, -0.05) is 0 Å². The summed E-state index contributed by atoms with van der Waals surface area (Å²) in [6.07, 6.45) is 0. The Labute approximate surface area is 160 Å². The molecule has 0 spiro atoms. The van der Waals surface area contributed by atoms with Crippen LogP contribution in [0, 0.1) is 21.4 Å². The fraction of sp³-hybridized carbons (Fsp3) is 0.333. The molecule has 1 unspecified atom stereocenters. The zero-order valence-corrected chi connectivity index (χ0v) is 15.8. The number of carbonyl (C=O) groups excluding carboxylic acids is 1. The minimum Gasteiger partial charge on any atom is -0.493 e. The van der Waals surface area contributed by atoms with Crippen molar-refractivity contribution >= 4 is 11.7 Å². The monoisotopic (exact) mass is 389 g/mol.